The first-order valence-corrected chi connectivity index (χ1v) is 21.0. The number of piperazine rings is 1. The van der Waals surface area contributed by atoms with Gasteiger partial charge in [0.1, 0.15) is 43.7 Å². The van der Waals surface area contributed by atoms with Crippen LogP contribution >= 0.6 is 0 Å². The van der Waals surface area contributed by atoms with Gasteiger partial charge in [-0.2, -0.15) is 0 Å². The lowest BCUT2D eigenvalue weighted by Crippen LogP contribution is -2.63. The lowest BCUT2D eigenvalue weighted by atomic mass is 9.98. The number of hydrogen-bond acceptors (Lipinski definition) is 12. The van der Waals surface area contributed by atoms with E-state index in [1.807, 2.05) is 0 Å². The zero-order valence-corrected chi connectivity index (χ0v) is 35.7. The molecule has 5 rings (SSSR count). The van der Waals surface area contributed by atoms with E-state index in [2.05, 4.69) is 20.6 Å². The monoisotopic (exact) mass is 884 g/mol. The number of amides is 4. The van der Waals surface area contributed by atoms with E-state index < -0.39 is 48.5 Å². The molecule has 64 heavy (non-hydrogen) atoms. The number of esters is 1. The van der Waals surface area contributed by atoms with Crippen LogP contribution in [0.25, 0.3) is 0 Å². The molecule has 20 heteroatoms. The lowest BCUT2D eigenvalue weighted by Gasteiger charge is -2.41. The van der Waals surface area contributed by atoms with Gasteiger partial charge in [-0.3, -0.25) is 24.0 Å². The molecular formula is C44H56N10O10. The molecule has 2 atom stereocenters. The third-order valence-corrected chi connectivity index (χ3v) is 10.5. The minimum atomic E-state index is -1.14. The Morgan fingerprint density at radius 2 is 1.36 bits per heavy atom. The van der Waals surface area contributed by atoms with Gasteiger partial charge in [-0.25, -0.2) is 14.8 Å². The molecule has 0 spiro atoms. The number of nitrogens with one attached hydrogen (secondary N) is 2. The molecule has 3 aromatic rings. The van der Waals surface area contributed by atoms with Crippen molar-refractivity contribution in [2.24, 2.45) is 32.9 Å². The van der Waals surface area contributed by atoms with E-state index in [1.165, 1.54) is 29.0 Å². The highest BCUT2D eigenvalue weighted by Gasteiger charge is 2.40. The van der Waals surface area contributed by atoms with Gasteiger partial charge in [0, 0.05) is 37.2 Å². The molecule has 10 N–H and O–H groups in total. The Labute approximate surface area is 370 Å². The summed E-state index contributed by atoms with van der Waals surface area (Å²) in [5.74, 6) is -2.45. The molecule has 0 aromatic heterocycles. The van der Waals surface area contributed by atoms with Gasteiger partial charge in [0.05, 0.1) is 18.5 Å². The van der Waals surface area contributed by atoms with Crippen molar-refractivity contribution < 1.29 is 47.7 Å². The van der Waals surface area contributed by atoms with Crippen molar-refractivity contribution in [3.05, 3.63) is 89.5 Å². The van der Waals surface area contributed by atoms with E-state index in [-0.39, 0.29) is 81.6 Å². The van der Waals surface area contributed by atoms with Gasteiger partial charge in [-0.1, -0.05) is 18.6 Å². The predicted molar refractivity (Wildman–Crippen MR) is 236 cm³/mol. The van der Waals surface area contributed by atoms with Crippen LogP contribution in [-0.2, 0) is 35.0 Å². The highest BCUT2D eigenvalue weighted by Crippen LogP contribution is 2.23. The van der Waals surface area contributed by atoms with Crippen LogP contribution in [0.3, 0.4) is 0 Å². The first kappa shape index (κ1) is 47.7. The van der Waals surface area contributed by atoms with Gasteiger partial charge in [0.15, 0.2) is 11.9 Å². The molecule has 3 aromatic carbocycles. The second-order valence-electron chi connectivity index (χ2n) is 15.1. The normalized spacial score (nSPS) is 15.5. The average Bonchev–Trinajstić information content (AvgIpc) is 3.28. The fourth-order valence-corrected chi connectivity index (χ4v) is 7.29. The standard InChI is InChI=1S/C44H56N10O10/c1-61-33-19-9-28(10-20-33)26-35(52-39(57)30-13-17-32(18-14-30)51-43(47)48)40(58)54-23-22-53(27-37(55)62-24-25-63-44(60)64-34-6-3-2-4-7-34)41(59)36(54)8-5-21-49-38(56)29-11-15-31(16-12-29)50-42(45)46/h9-20,34-36H,2-8,21-27H2,1H3,(H,49,56)(H,52,57)(H4,45,46,50)(H4,47,48,51). The maximum atomic E-state index is 14.7. The topological polar surface area (TPSA) is 299 Å². The highest BCUT2D eigenvalue weighted by molar-refractivity contribution is 5.99. The second-order valence-corrected chi connectivity index (χ2v) is 15.1. The number of benzene rings is 3. The highest BCUT2D eigenvalue weighted by atomic mass is 16.7. The van der Waals surface area contributed by atoms with E-state index in [4.69, 9.17) is 41.9 Å². The number of rotatable bonds is 19. The SMILES string of the molecule is COc1ccc(CC(NC(=O)c2ccc(N=C(N)N)cc2)C(=O)N2CCN(CC(=O)OCCOC(=O)OC3CCCCC3)C(=O)C2CCCNC(=O)c2ccc(N=C(N)N)cc2)cc1. The van der Waals surface area contributed by atoms with Crippen LogP contribution in [0.5, 0.6) is 5.75 Å². The van der Waals surface area contributed by atoms with Crippen LogP contribution in [0.1, 0.15) is 71.2 Å². The molecular weight excluding hydrogens is 829 g/mol. The third kappa shape index (κ3) is 14.6. The van der Waals surface area contributed by atoms with Crippen molar-refractivity contribution in [2.75, 3.05) is 46.5 Å². The van der Waals surface area contributed by atoms with E-state index in [9.17, 15) is 28.8 Å². The summed E-state index contributed by atoms with van der Waals surface area (Å²) in [5.41, 5.74) is 24.0. The summed E-state index contributed by atoms with van der Waals surface area (Å²) >= 11 is 0. The number of nitrogens with two attached hydrogens (primary N) is 4. The number of hydrogen-bond donors (Lipinski definition) is 6. The molecule has 1 aliphatic carbocycles. The number of aliphatic imine (C=N–C) groups is 2. The van der Waals surface area contributed by atoms with Crippen LogP contribution in [0.2, 0.25) is 0 Å². The zero-order chi connectivity index (χ0) is 46.0. The molecule has 342 valence electrons. The summed E-state index contributed by atoms with van der Waals surface area (Å²) in [4.78, 5) is 91.2. The molecule has 0 bridgehead atoms. The van der Waals surface area contributed by atoms with Crippen LogP contribution in [0.4, 0.5) is 16.2 Å². The van der Waals surface area contributed by atoms with Crippen molar-refractivity contribution in [1.29, 1.82) is 0 Å². The molecule has 2 aliphatic rings. The molecule has 2 fully saturated rings. The van der Waals surface area contributed by atoms with Gasteiger partial charge in [0.2, 0.25) is 11.8 Å². The first-order valence-electron chi connectivity index (χ1n) is 21.0. The molecule has 0 radical (unpaired) electrons. The molecule has 1 aliphatic heterocycles. The number of ether oxygens (including phenoxy) is 4. The van der Waals surface area contributed by atoms with E-state index in [1.54, 1.807) is 60.7 Å². The van der Waals surface area contributed by atoms with Gasteiger partial charge in [-0.05, 0) is 105 Å². The summed E-state index contributed by atoms with van der Waals surface area (Å²) in [7, 11) is 1.53. The molecule has 4 amide bonds. The van der Waals surface area contributed by atoms with Gasteiger partial charge < -0.3 is 62.3 Å². The van der Waals surface area contributed by atoms with Crippen LogP contribution in [0, 0.1) is 0 Å². The Bertz CT molecular complexity index is 2130. The molecule has 2 unspecified atom stereocenters. The van der Waals surface area contributed by atoms with Crippen molar-refractivity contribution >= 4 is 59.0 Å². The Morgan fingerprint density at radius 3 is 1.95 bits per heavy atom. The Hall–Kier alpha value is -7.38. The number of methoxy groups -OCH3 is 1. The molecule has 20 nitrogen and oxygen atoms in total. The molecule has 1 saturated carbocycles. The van der Waals surface area contributed by atoms with Gasteiger partial charge >= 0.3 is 12.1 Å². The fourth-order valence-electron chi connectivity index (χ4n) is 7.29. The Kier molecular flexibility index (Phi) is 17.7. The van der Waals surface area contributed by atoms with Crippen LogP contribution in [-0.4, -0.2) is 122 Å². The summed E-state index contributed by atoms with van der Waals surface area (Å²) in [6.07, 6.45) is 3.98. The van der Waals surface area contributed by atoms with E-state index in [0.29, 0.717) is 28.3 Å². The summed E-state index contributed by atoms with van der Waals surface area (Å²) < 4.78 is 21.0. The smallest absolute Gasteiger partial charge is 0.497 e. The number of guanidine groups is 2. The Morgan fingerprint density at radius 1 is 0.766 bits per heavy atom. The molecule has 1 saturated heterocycles. The Balaban J connectivity index is 1.28. The maximum Gasteiger partial charge on any atom is 0.508 e. The van der Waals surface area contributed by atoms with Gasteiger partial charge in [-0.15, -0.1) is 0 Å². The third-order valence-electron chi connectivity index (χ3n) is 10.5. The van der Waals surface area contributed by atoms with Crippen LogP contribution in [0.15, 0.2) is 82.8 Å². The fraction of sp³-hybridized carbons (Fsp3) is 0.409. The van der Waals surface area contributed by atoms with E-state index >= 15 is 0 Å². The van der Waals surface area contributed by atoms with Crippen molar-refractivity contribution in [3.8, 4) is 5.75 Å². The van der Waals surface area contributed by atoms with E-state index in [0.717, 1.165) is 32.1 Å². The predicted octanol–water partition coefficient (Wildman–Crippen LogP) is 2.12. The van der Waals surface area contributed by atoms with Gasteiger partial charge in [0.25, 0.3) is 11.8 Å². The quantitative estimate of drug-likeness (QED) is 0.0435. The minimum absolute atomic E-state index is 0.00926. The zero-order valence-electron chi connectivity index (χ0n) is 35.7. The maximum absolute atomic E-state index is 14.7. The number of nitrogens with zero attached hydrogens (tertiary/aromatic N) is 4. The number of carbonyl (C=O) groups is 6. The second kappa shape index (κ2) is 23.7. The van der Waals surface area contributed by atoms with Crippen molar-refractivity contribution in [3.63, 3.8) is 0 Å². The summed E-state index contributed by atoms with van der Waals surface area (Å²) in [6, 6.07) is 17.2. The average molecular weight is 885 g/mol. The molecule has 1 heterocycles. The van der Waals surface area contributed by atoms with Crippen molar-refractivity contribution in [2.45, 2.75) is 69.6 Å². The van der Waals surface area contributed by atoms with Crippen molar-refractivity contribution in [1.82, 2.24) is 20.4 Å². The van der Waals surface area contributed by atoms with Crippen LogP contribution < -0.4 is 38.3 Å². The first-order chi connectivity index (χ1) is 30.8. The summed E-state index contributed by atoms with van der Waals surface area (Å²) in [6.45, 7) is -0.803. The largest absolute Gasteiger partial charge is 0.508 e. The minimum Gasteiger partial charge on any atom is -0.497 e. The summed E-state index contributed by atoms with van der Waals surface area (Å²) in [5, 5.41) is 5.67. The number of carbonyl (C=O) groups excluding carboxylic acids is 6. The lowest BCUT2D eigenvalue weighted by molar-refractivity contribution is -0.158.